The first-order valence-electron chi connectivity index (χ1n) is 10.9. The first kappa shape index (κ1) is 25.0. The average Bonchev–Trinajstić information content (AvgIpc) is 3.24. The summed E-state index contributed by atoms with van der Waals surface area (Å²) in [7, 11) is 4.47. The van der Waals surface area contributed by atoms with Gasteiger partial charge in [-0.05, 0) is 30.3 Å². The third-order valence-electron chi connectivity index (χ3n) is 5.52. The number of aliphatic hydroxyl groups excluding tert-OH is 1. The lowest BCUT2D eigenvalue weighted by Crippen LogP contribution is -2.38. The molecule has 188 valence electrons. The quantitative estimate of drug-likeness (QED) is 0.259. The van der Waals surface area contributed by atoms with Crippen molar-refractivity contribution < 1.29 is 14.6 Å². The molecule has 36 heavy (non-hydrogen) atoms. The lowest BCUT2D eigenvalue weighted by Gasteiger charge is -2.15. The number of hydrogen-bond acceptors (Lipinski definition) is 8. The topological polar surface area (TPSA) is 125 Å². The van der Waals surface area contributed by atoms with Crippen LogP contribution in [-0.2, 0) is 20.6 Å². The van der Waals surface area contributed by atoms with Gasteiger partial charge in [0.05, 0.1) is 19.9 Å². The Kier molecular flexibility index (Phi) is 7.41. The van der Waals surface area contributed by atoms with Gasteiger partial charge in [-0.3, -0.25) is 13.9 Å². The number of anilines is 1. The first-order valence-corrected chi connectivity index (χ1v) is 11.3. The second kappa shape index (κ2) is 10.7. The van der Waals surface area contributed by atoms with Gasteiger partial charge >= 0.3 is 5.69 Å². The summed E-state index contributed by atoms with van der Waals surface area (Å²) in [5.74, 6) is 1.39. The first-order chi connectivity index (χ1) is 17.3. The summed E-state index contributed by atoms with van der Waals surface area (Å²) in [6.45, 7) is -0.107. The molecule has 0 aliphatic carbocycles. The van der Waals surface area contributed by atoms with E-state index in [2.05, 4.69) is 15.5 Å². The number of imidazole rings is 1. The molecule has 0 bridgehead atoms. The van der Waals surface area contributed by atoms with Gasteiger partial charge in [0.25, 0.3) is 5.56 Å². The maximum atomic E-state index is 13.0. The van der Waals surface area contributed by atoms with Crippen LogP contribution in [0.25, 0.3) is 11.2 Å². The number of halogens is 1. The number of aliphatic hydroxyl groups is 1. The largest absolute Gasteiger partial charge is 0.497 e. The van der Waals surface area contributed by atoms with Crippen molar-refractivity contribution in [1.29, 1.82) is 0 Å². The van der Waals surface area contributed by atoms with E-state index < -0.39 is 17.4 Å². The molecule has 0 amide bonds. The monoisotopic (exact) mass is 512 g/mol. The van der Waals surface area contributed by atoms with Gasteiger partial charge in [-0.2, -0.15) is 10.1 Å². The Bertz CT molecular complexity index is 1520. The van der Waals surface area contributed by atoms with Crippen LogP contribution in [0.3, 0.4) is 0 Å². The number of fused-ring (bicyclic) bond motifs is 1. The highest BCUT2D eigenvalue weighted by atomic mass is 35.5. The van der Waals surface area contributed by atoms with Crippen LogP contribution in [0.15, 0.2) is 63.2 Å². The van der Waals surface area contributed by atoms with E-state index in [0.717, 1.165) is 4.57 Å². The molecule has 0 aliphatic rings. The Morgan fingerprint density at radius 3 is 2.50 bits per heavy atom. The molecule has 2 N–H and O–H groups in total. The fourth-order valence-electron chi connectivity index (χ4n) is 3.58. The Balaban J connectivity index is 1.64. The van der Waals surface area contributed by atoms with Gasteiger partial charge in [0.1, 0.15) is 24.2 Å². The molecule has 0 saturated heterocycles. The van der Waals surface area contributed by atoms with Crippen LogP contribution in [0, 0.1) is 0 Å². The van der Waals surface area contributed by atoms with E-state index in [1.54, 1.807) is 49.6 Å². The zero-order valence-corrected chi connectivity index (χ0v) is 20.6. The summed E-state index contributed by atoms with van der Waals surface area (Å²) in [6.07, 6.45) is 0.492. The maximum absolute atomic E-state index is 13.0. The molecule has 0 unspecified atom stereocenters. The number of methoxy groups -OCH3 is 1. The minimum absolute atomic E-state index is 0.0515. The van der Waals surface area contributed by atoms with Gasteiger partial charge in [0.2, 0.25) is 5.95 Å². The number of benzene rings is 2. The normalized spacial score (nSPS) is 12.2. The number of aryl methyl sites for hydroxylation is 1. The van der Waals surface area contributed by atoms with Gasteiger partial charge in [0.15, 0.2) is 11.2 Å². The highest BCUT2D eigenvalue weighted by molar-refractivity contribution is 6.33. The highest BCUT2D eigenvalue weighted by Gasteiger charge is 2.21. The highest BCUT2D eigenvalue weighted by Crippen LogP contribution is 2.19. The van der Waals surface area contributed by atoms with Gasteiger partial charge < -0.3 is 19.1 Å². The van der Waals surface area contributed by atoms with Crippen molar-refractivity contribution >= 4 is 34.9 Å². The van der Waals surface area contributed by atoms with Crippen molar-refractivity contribution in [1.82, 2.24) is 18.7 Å². The molecule has 11 nitrogen and oxygen atoms in total. The van der Waals surface area contributed by atoms with E-state index in [4.69, 9.17) is 21.1 Å². The number of nitrogens with one attached hydrogen (secondary N) is 1. The van der Waals surface area contributed by atoms with Crippen molar-refractivity contribution in [2.45, 2.75) is 12.6 Å². The Hall–Kier alpha value is -4.09. The Morgan fingerprint density at radius 1 is 1.11 bits per heavy atom. The molecule has 2 aromatic carbocycles. The third kappa shape index (κ3) is 5.11. The van der Waals surface area contributed by atoms with Crippen LogP contribution in [0.5, 0.6) is 11.5 Å². The van der Waals surface area contributed by atoms with E-state index in [1.165, 1.54) is 29.4 Å². The molecular formula is C24H25ClN6O5. The molecular weight excluding hydrogens is 488 g/mol. The molecule has 0 aliphatic heterocycles. The number of nitrogens with zero attached hydrogens (tertiary/aromatic N) is 5. The summed E-state index contributed by atoms with van der Waals surface area (Å²) in [6, 6.07) is 14.1. The van der Waals surface area contributed by atoms with Crippen LogP contribution in [0.1, 0.15) is 5.56 Å². The lowest BCUT2D eigenvalue weighted by atomic mass is 10.2. The molecule has 4 rings (SSSR count). The third-order valence-corrected chi connectivity index (χ3v) is 5.86. The number of hydrogen-bond donors (Lipinski definition) is 2. The van der Waals surface area contributed by atoms with Gasteiger partial charge in [-0.15, -0.1) is 0 Å². The molecule has 0 spiro atoms. The number of hydrazone groups is 1. The molecule has 12 heteroatoms. The maximum Gasteiger partial charge on any atom is 0.332 e. The molecule has 0 fully saturated rings. The van der Waals surface area contributed by atoms with Crippen molar-refractivity contribution in [3.05, 3.63) is 80.0 Å². The van der Waals surface area contributed by atoms with E-state index in [0.29, 0.717) is 22.1 Å². The number of rotatable bonds is 9. The summed E-state index contributed by atoms with van der Waals surface area (Å²) >= 11 is 6.17. The van der Waals surface area contributed by atoms with Crippen molar-refractivity contribution in [3.63, 3.8) is 0 Å². The smallest absolute Gasteiger partial charge is 0.332 e. The van der Waals surface area contributed by atoms with Crippen LogP contribution >= 0.6 is 11.6 Å². The van der Waals surface area contributed by atoms with Crippen LogP contribution in [-0.4, -0.2) is 49.8 Å². The minimum Gasteiger partial charge on any atom is -0.497 e. The van der Waals surface area contributed by atoms with Gasteiger partial charge in [0, 0.05) is 24.7 Å². The number of aromatic nitrogens is 4. The second-order valence-corrected chi connectivity index (χ2v) is 8.36. The standard InChI is InChI=1S/C24H25ClN6O5/c1-29-21-20(22(33)30(2)24(29)34)31(13-16(32)14-36-18-10-8-17(35-3)9-11-18)23(27-21)28-26-12-15-6-4-5-7-19(15)25/h4-12,16,32H,13-14H2,1-3H3,(H,27,28)/b26-12-/t16-/m1/s1. The molecule has 2 heterocycles. The van der Waals surface area contributed by atoms with Gasteiger partial charge in [-0.25, -0.2) is 10.2 Å². The molecule has 0 saturated carbocycles. The molecule has 0 radical (unpaired) electrons. The zero-order valence-electron chi connectivity index (χ0n) is 19.9. The van der Waals surface area contributed by atoms with Crippen LogP contribution in [0.2, 0.25) is 5.02 Å². The molecule has 1 atom stereocenters. The van der Waals surface area contributed by atoms with E-state index >= 15 is 0 Å². The van der Waals surface area contributed by atoms with E-state index in [9.17, 15) is 14.7 Å². The van der Waals surface area contributed by atoms with E-state index in [1.807, 2.05) is 6.07 Å². The average molecular weight is 513 g/mol. The van der Waals surface area contributed by atoms with Gasteiger partial charge in [-0.1, -0.05) is 29.8 Å². The lowest BCUT2D eigenvalue weighted by molar-refractivity contribution is 0.0938. The predicted octanol–water partition coefficient (Wildman–Crippen LogP) is 1.98. The fourth-order valence-corrected chi connectivity index (χ4v) is 3.76. The zero-order chi connectivity index (χ0) is 25.8. The summed E-state index contributed by atoms with van der Waals surface area (Å²) in [4.78, 5) is 29.8. The minimum atomic E-state index is -1.01. The van der Waals surface area contributed by atoms with Crippen molar-refractivity contribution in [2.75, 3.05) is 19.1 Å². The summed E-state index contributed by atoms with van der Waals surface area (Å²) in [5.41, 5.74) is 2.69. The van der Waals surface area contributed by atoms with Crippen molar-refractivity contribution in [3.8, 4) is 11.5 Å². The fraction of sp³-hybridized carbons (Fsp3) is 0.250. The Morgan fingerprint density at radius 2 is 1.81 bits per heavy atom. The second-order valence-electron chi connectivity index (χ2n) is 7.96. The van der Waals surface area contributed by atoms with Crippen LogP contribution in [0.4, 0.5) is 5.95 Å². The summed E-state index contributed by atoms with van der Waals surface area (Å²) in [5, 5.41) is 15.4. The van der Waals surface area contributed by atoms with Crippen molar-refractivity contribution in [2.24, 2.45) is 19.2 Å². The summed E-state index contributed by atoms with van der Waals surface area (Å²) < 4.78 is 14.5. The molecule has 2 aromatic heterocycles. The Labute approximate surface area is 210 Å². The molecule has 4 aromatic rings. The predicted molar refractivity (Wildman–Crippen MR) is 137 cm³/mol. The number of ether oxygens (including phenoxy) is 2. The van der Waals surface area contributed by atoms with E-state index in [-0.39, 0.29) is 30.3 Å². The SMILES string of the molecule is COc1ccc(OC[C@H](O)Cn2c(N/N=C\c3ccccc3Cl)nc3c2c(=O)n(C)c(=O)n3C)cc1. The van der Waals surface area contributed by atoms with Crippen LogP contribution < -0.4 is 26.1 Å².